The van der Waals surface area contributed by atoms with Crippen molar-refractivity contribution >= 4 is 10.4 Å². The van der Waals surface area contributed by atoms with Crippen LogP contribution in [0.1, 0.15) is 46.0 Å². The molecule has 0 aromatic heterocycles. The number of aliphatic hydroxyl groups is 2. The Labute approximate surface area is 172 Å². The maximum Gasteiger partial charge on any atom is 0.397 e. The summed E-state index contributed by atoms with van der Waals surface area (Å²) in [5.74, 6) is -0.603. The summed E-state index contributed by atoms with van der Waals surface area (Å²) >= 11 is 0. The minimum absolute atomic E-state index is 0.0144. The highest BCUT2D eigenvalue weighted by atomic mass is 32.3. The standard InChI is InChI=1S/C18H35NO9S/c1-3-4-5-6-25-18-16(19)17(21)13(15(28-18)10-27-29(22,23)24)7-12-8-14(20)11(2)9-26-12/h11-18,20-21H,3-10,19H2,1-2H3,(H,22,23,24)/t11-,12-,13+,14-,15?,16?,17-,18+/m0/s1. The minimum Gasteiger partial charge on any atom is -0.393 e. The lowest BCUT2D eigenvalue weighted by molar-refractivity contribution is -0.256. The van der Waals surface area contributed by atoms with Gasteiger partial charge in [0.05, 0.1) is 43.7 Å². The highest BCUT2D eigenvalue weighted by Gasteiger charge is 2.46. The van der Waals surface area contributed by atoms with Gasteiger partial charge in [-0.1, -0.05) is 26.7 Å². The Bertz CT molecular complexity index is 590. The average molecular weight is 442 g/mol. The molecular weight excluding hydrogens is 406 g/mol. The molecule has 0 amide bonds. The van der Waals surface area contributed by atoms with Crippen LogP contribution in [0.5, 0.6) is 0 Å². The minimum atomic E-state index is -4.67. The molecule has 2 unspecified atom stereocenters. The number of rotatable bonds is 10. The lowest BCUT2D eigenvalue weighted by Gasteiger charge is -2.44. The molecule has 0 aliphatic carbocycles. The van der Waals surface area contributed by atoms with E-state index >= 15 is 0 Å². The van der Waals surface area contributed by atoms with Crippen LogP contribution in [0.2, 0.25) is 0 Å². The first-order valence-electron chi connectivity index (χ1n) is 10.2. The van der Waals surface area contributed by atoms with Gasteiger partial charge < -0.3 is 30.2 Å². The Kier molecular flexibility index (Phi) is 9.71. The van der Waals surface area contributed by atoms with Gasteiger partial charge in [0.15, 0.2) is 6.29 Å². The Balaban J connectivity index is 2.05. The van der Waals surface area contributed by atoms with Gasteiger partial charge in [-0.05, 0) is 19.3 Å². The summed E-state index contributed by atoms with van der Waals surface area (Å²) in [6.07, 6.45) is -0.254. The third-order valence-corrected chi connectivity index (χ3v) is 6.07. The molecule has 0 aromatic rings. The van der Waals surface area contributed by atoms with E-state index in [0.717, 1.165) is 19.3 Å². The number of ether oxygens (including phenoxy) is 3. The first-order valence-corrected chi connectivity index (χ1v) is 11.6. The number of hydrogen-bond donors (Lipinski definition) is 4. The summed E-state index contributed by atoms with van der Waals surface area (Å²) < 4.78 is 52.7. The number of aliphatic hydroxyl groups excluding tert-OH is 2. The smallest absolute Gasteiger partial charge is 0.393 e. The fourth-order valence-electron chi connectivity index (χ4n) is 3.78. The Morgan fingerprint density at radius 3 is 2.59 bits per heavy atom. The van der Waals surface area contributed by atoms with Crippen LogP contribution < -0.4 is 5.73 Å². The van der Waals surface area contributed by atoms with Crippen LogP contribution in [0.3, 0.4) is 0 Å². The van der Waals surface area contributed by atoms with Crippen molar-refractivity contribution in [3.63, 3.8) is 0 Å². The third kappa shape index (κ3) is 7.67. The molecule has 2 rings (SSSR count). The molecule has 0 bridgehead atoms. The van der Waals surface area contributed by atoms with Gasteiger partial charge in [0.1, 0.15) is 0 Å². The molecule has 0 spiro atoms. The van der Waals surface area contributed by atoms with Crippen molar-refractivity contribution < 1.29 is 41.6 Å². The third-order valence-electron chi connectivity index (χ3n) is 5.64. The van der Waals surface area contributed by atoms with Crippen molar-refractivity contribution in [2.75, 3.05) is 19.8 Å². The van der Waals surface area contributed by atoms with Crippen LogP contribution in [0.25, 0.3) is 0 Å². The van der Waals surface area contributed by atoms with Crippen LogP contribution in [0, 0.1) is 11.8 Å². The van der Waals surface area contributed by atoms with Gasteiger partial charge in [0, 0.05) is 18.4 Å². The summed E-state index contributed by atoms with van der Waals surface area (Å²) in [6, 6.07) is -0.837. The molecule has 0 aromatic carbocycles. The molecule has 5 N–H and O–H groups in total. The van der Waals surface area contributed by atoms with E-state index in [-0.39, 0.29) is 12.0 Å². The molecule has 29 heavy (non-hydrogen) atoms. The SMILES string of the molecule is CCCCCO[C@@H]1OC(COS(=O)(=O)O)[C@@H](C[C@H]2C[C@H](O)[C@@H](C)CO2)[C@H](O)C1N. The molecule has 2 saturated heterocycles. The fourth-order valence-corrected chi connectivity index (χ4v) is 4.08. The van der Waals surface area contributed by atoms with Crippen molar-refractivity contribution in [2.45, 2.75) is 82.7 Å². The van der Waals surface area contributed by atoms with Crippen molar-refractivity contribution in [3.8, 4) is 0 Å². The van der Waals surface area contributed by atoms with E-state index in [2.05, 4.69) is 11.1 Å². The van der Waals surface area contributed by atoms with Gasteiger partial charge in [-0.2, -0.15) is 8.42 Å². The van der Waals surface area contributed by atoms with E-state index in [1.165, 1.54) is 0 Å². The molecule has 0 saturated carbocycles. The molecule has 10 nitrogen and oxygen atoms in total. The van der Waals surface area contributed by atoms with E-state index in [4.69, 9.17) is 24.5 Å². The highest BCUT2D eigenvalue weighted by Crippen LogP contribution is 2.33. The Hall–Kier alpha value is -0.370. The number of nitrogens with two attached hydrogens (primary N) is 1. The maximum atomic E-state index is 11.0. The van der Waals surface area contributed by atoms with Crippen molar-refractivity contribution in [3.05, 3.63) is 0 Å². The van der Waals surface area contributed by atoms with Gasteiger partial charge in [-0.3, -0.25) is 4.55 Å². The zero-order valence-electron chi connectivity index (χ0n) is 17.1. The lowest BCUT2D eigenvalue weighted by atomic mass is 9.82. The number of unbranched alkanes of at least 4 members (excludes halogenated alkanes) is 2. The second-order valence-electron chi connectivity index (χ2n) is 8.04. The van der Waals surface area contributed by atoms with E-state index in [9.17, 15) is 18.6 Å². The van der Waals surface area contributed by atoms with E-state index < -0.39 is 53.6 Å². The summed E-state index contributed by atoms with van der Waals surface area (Å²) in [6.45, 7) is 4.24. The predicted molar refractivity (Wildman–Crippen MR) is 103 cm³/mol. The van der Waals surface area contributed by atoms with Crippen molar-refractivity contribution in [1.82, 2.24) is 0 Å². The van der Waals surface area contributed by atoms with Gasteiger partial charge in [0.2, 0.25) is 0 Å². The van der Waals surface area contributed by atoms with Gasteiger partial charge in [0.25, 0.3) is 0 Å². The zero-order chi connectivity index (χ0) is 21.6. The number of hydrogen-bond acceptors (Lipinski definition) is 9. The normalized spacial score (nSPS) is 38.8. The second kappa shape index (κ2) is 11.3. The predicted octanol–water partition coefficient (Wildman–Crippen LogP) is 0.218. The van der Waals surface area contributed by atoms with E-state index in [0.29, 0.717) is 26.1 Å². The first kappa shape index (κ1) is 24.9. The zero-order valence-corrected chi connectivity index (χ0v) is 17.9. The lowest BCUT2D eigenvalue weighted by Crippen LogP contribution is -2.61. The van der Waals surface area contributed by atoms with Crippen LogP contribution in [0.4, 0.5) is 0 Å². The summed E-state index contributed by atoms with van der Waals surface area (Å²) in [4.78, 5) is 0. The molecule has 2 heterocycles. The monoisotopic (exact) mass is 441 g/mol. The van der Waals surface area contributed by atoms with Gasteiger partial charge >= 0.3 is 10.4 Å². The molecule has 172 valence electrons. The highest BCUT2D eigenvalue weighted by molar-refractivity contribution is 7.80. The first-order chi connectivity index (χ1) is 13.6. The second-order valence-corrected chi connectivity index (χ2v) is 9.13. The fraction of sp³-hybridized carbons (Fsp3) is 1.00. The van der Waals surface area contributed by atoms with Crippen molar-refractivity contribution in [1.29, 1.82) is 0 Å². The molecule has 8 atom stereocenters. The van der Waals surface area contributed by atoms with Crippen LogP contribution in [0.15, 0.2) is 0 Å². The van der Waals surface area contributed by atoms with Crippen molar-refractivity contribution in [2.24, 2.45) is 17.6 Å². The van der Waals surface area contributed by atoms with E-state index in [1.807, 2.05) is 6.92 Å². The van der Waals surface area contributed by atoms with Gasteiger partial charge in [-0.15, -0.1) is 0 Å². The summed E-state index contributed by atoms with van der Waals surface area (Å²) in [5, 5.41) is 20.9. The molecule has 2 aliphatic heterocycles. The van der Waals surface area contributed by atoms with Gasteiger partial charge in [-0.25, -0.2) is 4.18 Å². The summed E-state index contributed by atoms with van der Waals surface area (Å²) in [7, 11) is -4.67. The Morgan fingerprint density at radius 2 is 1.97 bits per heavy atom. The molecule has 2 fully saturated rings. The molecule has 2 aliphatic rings. The largest absolute Gasteiger partial charge is 0.397 e. The maximum absolute atomic E-state index is 11.0. The summed E-state index contributed by atoms with van der Waals surface area (Å²) in [5.41, 5.74) is 6.13. The van der Waals surface area contributed by atoms with Crippen LogP contribution in [-0.2, 0) is 28.8 Å². The Morgan fingerprint density at radius 1 is 1.24 bits per heavy atom. The molecule has 11 heteroatoms. The molecule has 0 radical (unpaired) electrons. The molecular formula is C18H35NO9S. The van der Waals surface area contributed by atoms with Crippen LogP contribution in [-0.4, -0.2) is 79.8 Å². The van der Waals surface area contributed by atoms with Crippen LogP contribution >= 0.6 is 0 Å². The quantitative estimate of drug-likeness (QED) is 0.273. The topological polar surface area (TPSA) is 158 Å². The van der Waals surface area contributed by atoms with E-state index in [1.54, 1.807) is 0 Å². The average Bonchev–Trinajstić information content (AvgIpc) is 2.65.